The summed E-state index contributed by atoms with van der Waals surface area (Å²) in [5.74, 6) is 0.661. The van der Waals surface area contributed by atoms with Gasteiger partial charge in [0.25, 0.3) is 10.0 Å². The van der Waals surface area contributed by atoms with Gasteiger partial charge in [0.05, 0.1) is 24.7 Å². The predicted octanol–water partition coefficient (Wildman–Crippen LogP) is 4.12. The molecule has 0 bridgehead atoms. The van der Waals surface area contributed by atoms with Gasteiger partial charge in [-0.15, -0.1) is 0 Å². The Balaban J connectivity index is 2.13. The maximum Gasteiger partial charge on any atom is 0.268 e. The Bertz CT molecular complexity index is 1250. The number of aryl methyl sites for hydroxylation is 1. The van der Waals surface area contributed by atoms with Crippen LogP contribution in [0.1, 0.15) is 34.2 Å². The van der Waals surface area contributed by atoms with Gasteiger partial charge in [0.1, 0.15) is 18.8 Å². The Morgan fingerprint density at radius 3 is 2.49 bits per heavy atom. The predicted molar refractivity (Wildman–Crippen MR) is 131 cm³/mol. The van der Waals surface area contributed by atoms with Gasteiger partial charge in [-0.2, -0.15) is 0 Å². The average molecular weight is 503 g/mol. The summed E-state index contributed by atoms with van der Waals surface area (Å²) < 4.78 is 50.6. The molecule has 35 heavy (non-hydrogen) atoms. The van der Waals surface area contributed by atoms with Crippen LogP contribution in [0.2, 0.25) is 0 Å². The van der Waals surface area contributed by atoms with E-state index >= 15 is 0 Å². The maximum absolute atomic E-state index is 14.0. The van der Waals surface area contributed by atoms with Gasteiger partial charge in [-0.1, -0.05) is 35.5 Å². The molecule has 0 aliphatic carbocycles. The van der Waals surface area contributed by atoms with Crippen LogP contribution in [0.5, 0.6) is 0 Å². The zero-order valence-corrected chi connectivity index (χ0v) is 21.1. The van der Waals surface area contributed by atoms with E-state index in [0.29, 0.717) is 46.8 Å². The van der Waals surface area contributed by atoms with Gasteiger partial charge in [-0.05, 0) is 44.0 Å². The van der Waals surface area contributed by atoms with Crippen molar-refractivity contribution in [2.75, 3.05) is 38.0 Å². The number of anilines is 1. The number of carbonyl (C=O) groups excluding carboxylic acids is 1. The SMILES string of the molecule is CCOCc1cc(C=O)ccc1-c1ccccc1S(=O)(=O)N(COCCOC)c1noc(C)c1C. The highest BCUT2D eigenvalue weighted by molar-refractivity contribution is 7.93. The Labute approximate surface area is 205 Å². The van der Waals surface area contributed by atoms with Gasteiger partial charge in [-0.3, -0.25) is 4.79 Å². The molecule has 1 aromatic heterocycles. The molecule has 0 N–H and O–H groups in total. The zero-order valence-electron chi connectivity index (χ0n) is 20.3. The van der Waals surface area contributed by atoms with E-state index in [-0.39, 0.29) is 30.7 Å². The van der Waals surface area contributed by atoms with Crippen molar-refractivity contribution < 1.29 is 31.9 Å². The van der Waals surface area contributed by atoms with Crippen LogP contribution in [0.25, 0.3) is 11.1 Å². The molecule has 9 nitrogen and oxygen atoms in total. The van der Waals surface area contributed by atoms with E-state index in [1.165, 1.54) is 13.2 Å². The molecule has 0 amide bonds. The molecule has 1 heterocycles. The summed E-state index contributed by atoms with van der Waals surface area (Å²) in [5.41, 5.74) is 2.89. The molecule has 0 aliphatic heterocycles. The van der Waals surface area contributed by atoms with Crippen molar-refractivity contribution in [1.29, 1.82) is 0 Å². The molecular formula is C25H30N2O7S. The molecule has 3 rings (SSSR count). The first-order valence-corrected chi connectivity index (χ1v) is 12.6. The van der Waals surface area contributed by atoms with Crippen molar-refractivity contribution in [1.82, 2.24) is 5.16 Å². The number of aromatic nitrogens is 1. The minimum Gasteiger partial charge on any atom is -0.382 e. The Morgan fingerprint density at radius 1 is 1.06 bits per heavy atom. The van der Waals surface area contributed by atoms with Crippen LogP contribution in [0.15, 0.2) is 51.9 Å². The molecule has 0 atom stereocenters. The van der Waals surface area contributed by atoms with Gasteiger partial charge in [0.15, 0.2) is 5.82 Å². The number of nitrogens with zero attached hydrogens (tertiary/aromatic N) is 2. The molecular weight excluding hydrogens is 472 g/mol. The highest BCUT2D eigenvalue weighted by atomic mass is 32.2. The summed E-state index contributed by atoms with van der Waals surface area (Å²) in [4.78, 5) is 11.4. The van der Waals surface area contributed by atoms with Crippen molar-refractivity contribution in [2.45, 2.75) is 32.3 Å². The number of aldehydes is 1. The summed E-state index contributed by atoms with van der Waals surface area (Å²) in [6.45, 7) is 6.26. The Morgan fingerprint density at radius 2 is 1.83 bits per heavy atom. The van der Waals surface area contributed by atoms with Crippen molar-refractivity contribution >= 4 is 22.1 Å². The van der Waals surface area contributed by atoms with Crippen molar-refractivity contribution in [2.24, 2.45) is 0 Å². The van der Waals surface area contributed by atoms with Crippen LogP contribution < -0.4 is 4.31 Å². The van der Waals surface area contributed by atoms with Crippen molar-refractivity contribution in [3.63, 3.8) is 0 Å². The molecule has 0 saturated heterocycles. The topological polar surface area (TPSA) is 108 Å². The van der Waals surface area contributed by atoms with Crippen molar-refractivity contribution in [3.05, 3.63) is 64.9 Å². The normalized spacial score (nSPS) is 11.5. The van der Waals surface area contributed by atoms with Crippen LogP contribution in [0, 0.1) is 13.8 Å². The third-order valence-corrected chi connectivity index (χ3v) is 7.25. The fraction of sp³-hybridized carbons (Fsp3) is 0.360. The molecule has 10 heteroatoms. The number of sulfonamides is 1. The molecule has 0 spiro atoms. The number of carbonyl (C=O) groups is 1. The molecule has 0 fully saturated rings. The smallest absolute Gasteiger partial charge is 0.268 e. The second-order valence-electron chi connectivity index (χ2n) is 7.74. The van der Waals surface area contributed by atoms with E-state index in [2.05, 4.69) is 5.16 Å². The third-order valence-electron chi connectivity index (χ3n) is 5.48. The molecule has 188 valence electrons. The Kier molecular flexibility index (Phi) is 9.16. The largest absolute Gasteiger partial charge is 0.382 e. The van der Waals surface area contributed by atoms with Gasteiger partial charge in [0.2, 0.25) is 0 Å². The fourth-order valence-electron chi connectivity index (χ4n) is 3.49. The first kappa shape index (κ1) is 26.6. The molecule has 2 aromatic carbocycles. The molecule has 3 aromatic rings. The highest BCUT2D eigenvalue weighted by Crippen LogP contribution is 2.35. The third kappa shape index (κ3) is 5.96. The summed E-state index contributed by atoms with van der Waals surface area (Å²) in [6, 6.07) is 11.8. The minimum atomic E-state index is -4.15. The fourth-order valence-corrected chi connectivity index (χ4v) is 5.04. The zero-order chi connectivity index (χ0) is 25.4. The van der Waals surface area contributed by atoms with Crippen LogP contribution >= 0.6 is 0 Å². The minimum absolute atomic E-state index is 0.0620. The summed E-state index contributed by atoms with van der Waals surface area (Å²) in [6.07, 6.45) is 0.747. The molecule has 0 radical (unpaired) electrons. The van der Waals surface area contributed by atoms with Crippen LogP contribution in [0.4, 0.5) is 5.82 Å². The maximum atomic E-state index is 14.0. The lowest BCUT2D eigenvalue weighted by atomic mass is 9.98. The van der Waals surface area contributed by atoms with Gasteiger partial charge in [0, 0.05) is 30.4 Å². The number of hydrogen-bond acceptors (Lipinski definition) is 8. The van der Waals surface area contributed by atoms with Gasteiger partial charge >= 0.3 is 0 Å². The second kappa shape index (κ2) is 12.1. The van der Waals surface area contributed by atoms with E-state index in [1.54, 1.807) is 50.2 Å². The lowest BCUT2D eigenvalue weighted by Gasteiger charge is -2.24. The number of benzene rings is 2. The van der Waals surface area contributed by atoms with Crippen LogP contribution in [0.3, 0.4) is 0 Å². The second-order valence-corrected chi connectivity index (χ2v) is 9.57. The standard InChI is InChI=1S/C25H30N2O7S/c1-5-32-16-21-14-20(15-28)10-11-22(21)23-8-6-7-9-24(23)35(29,30)27(17-33-13-12-31-4)25-18(2)19(3)34-26-25/h6-11,14-15H,5,12-13,16-17H2,1-4H3. The van der Waals surface area contributed by atoms with Gasteiger partial charge < -0.3 is 18.7 Å². The number of rotatable bonds is 13. The summed E-state index contributed by atoms with van der Waals surface area (Å²) >= 11 is 0. The van der Waals surface area contributed by atoms with E-state index in [9.17, 15) is 13.2 Å². The lowest BCUT2D eigenvalue weighted by Crippen LogP contribution is -2.35. The first-order valence-electron chi connectivity index (χ1n) is 11.1. The van der Waals surface area contributed by atoms with E-state index < -0.39 is 10.0 Å². The summed E-state index contributed by atoms with van der Waals surface area (Å²) in [7, 11) is -2.61. The first-order chi connectivity index (χ1) is 16.8. The van der Waals surface area contributed by atoms with E-state index in [0.717, 1.165) is 10.6 Å². The highest BCUT2D eigenvalue weighted by Gasteiger charge is 2.32. The number of ether oxygens (including phenoxy) is 3. The number of hydrogen-bond donors (Lipinski definition) is 0. The van der Waals surface area contributed by atoms with Gasteiger partial charge in [-0.25, -0.2) is 12.7 Å². The van der Waals surface area contributed by atoms with E-state index in [1.807, 2.05) is 6.92 Å². The summed E-state index contributed by atoms with van der Waals surface area (Å²) in [5, 5.41) is 3.99. The van der Waals surface area contributed by atoms with Crippen molar-refractivity contribution in [3.8, 4) is 11.1 Å². The van der Waals surface area contributed by atoms with Crippen LogP contribution in [-0.2, 0) is 30.8 Å². The average Bonchev–Trinajstić information content (AvgIpc) is 3.20. The quantitative estimate of drug-likeness (QED) is 0.195. The molecule has 0 unspecified atom stereocenters. The molecule has 0 saturated carbocycles. The van der Waals surface area contributed by atoms with E-state index in [4.69, 9.17) is 18.7 Å². The lowest BCUT2D eigenvalue weighted by molar-refractivity contribution is 0.0753. The van der Waals surface area contributed by atoms with Crippen LogP contribution in [-0.4, -0.2) is 53.5 Å². The Hall–Kier alpha value is -3.05. The monoisotopic (exact) mass is 502 g/mol. The molecule has 0 aliphatic rings. The number of methoxy groups -OCH3 is 1.